The van der Waals surface area contributed by atoms with E-state index in [0.717, 1.165) is 51.4 Å². The van der Waals surface area contributed by atoms with Crippen LogP contribution in [0.5, 0.6) is 0 Å². The number of aliphatic hydroxyl groups excluding tert-OH is 7. The lowest BCUT2D eigenvalue weighted by Gasteiger charge is -2.71. The summed E-state index contributed by atoms with van der Waals surface area (Å²) in [6.45, 7) is 17.6. The van der Waals surface area contributed by atoms with Crippen LogP contribution >= 0.6 is 0 Å². The Bertz CT molecular complexity index is 1460. The molecule has 12 heteroatoms. The van der Waals surface area contributed by atoms with Gasteiger partial charge in [0.05, 0.1) is 24.2 Å². The third-order valence-electron chi connectivity index (χ3n) is 17.2. The van der Waals surface area contributed by atoms with Gasteiger partial charge in [-0.1, -0.05) is 60.1 Å². The number of ether oxygens (including phenoxy) is 4. The van der Waals surface area contributed by atoms with Crippen molar-refractivity contribution in [1.29, 1.82) is 0 Å². The molecule has 54 heavy (non-hydrogen) atoms. The summed E-state index contributed by atoms with van der Waals surface area (Å²) in [5.41, 5.74) is 0.0619. The van der Waals surface area contributed by atoms with Crippen molar-refractivity contribution >= 4 is 5.97 Å². The van der Waals surface area contributed by atoms with Crippen LogP contribution in [0.25, 0.3) is 0 Å². The molecule has 12 nitrogen and oxygen atoms in total. The molecule has 0 aromatic heterocycles. The van der Waals surface area contributed by atoms with Gasteiger partial charge in [0.25, 0.3) is 0 Å². The topological polar surface area (TPSA) is 196 Å². The number of fused-ring (bicyclic) bond motifs is 7. The number of hydrogen-bond donors (Lipinski definition) is 7. The summed E-state index contributed by atoms with van der Waals surface area (Å²) in [6.07, 6.45) is -2.34. The molecule has 0 aromatic carbocycles. The number of allylic oxidation sites excluding steroid dienone is 2. The van der Waals surface area contributed by atoms with E-state index >= 15 is 0 Å². The van der Waals surface area contributed by atoms with Gasteiger partial charge in [-0.15, -0.1) is 0 Å². The molecule has 7 rings (SSSR count). The van der Waals surface area contributed by atoms with Gasteiger partial charge in [0.2, 0.25) is 6.29 Å². The second kappa shape index (κ2) is 13.7. The van der Waals surface area contributed by atoms with Crippen molar-refractivity contribution in [2.24, 2.45) is 50.2 Å². The Balaban J connectivity index is 1.16. The summed E-state index contributed by atoms with van der Waals surface area (Å²) in [6, 6.07) is 0. The zero-order chi connectivity index (χ0) is 39.6. The predicted octanol–water partition coefficient (Wildman–Crippen LogP) is 3.34. The number of rotatable bonds is 5. The van der Waals surface area contributed by atoms with Crippen LogP contribution in [0, 0.1) is 50.2 Å². The van der Waals surface area contributed by atoms with Crippen molar-refractivity contribution in [3.8, 4) is 0 Å². The molecule has 0 amide bonds. The molecule has 6 fully saturated rings. The molecule has 0 spiro atoms. The minimum atomic E-state index is -1.65. The van der Waals surface area contributed by atoms with E-state index in [2.05, 4.69) is 54.5 Å². The molecule has 0 bridgehead atoms. The van der Waals surface area contributed by atoms with Crippen LogP contribution in [0.3, 0.4) is 0 Å². The van der Waals surface area contributed by atoms with Gasteiger partial charge in [-0.3, -0.25) is 4.79 Å². The lowest BCUT2D eigenvalue weighted by Crippen LogP contribution is -2.66. The van der Waals surface area contributed by atoms with Gasteiger partial charge in [0.1, 0.15) is 42.7 Å². The second-order valence-corrected chi connectivity index (χ2v) is 20.6. The van der Waals surface area contributed by atoms with Crippen molar-refractivity contribution in [1.82, 2.24) is 0 Å². The van der Waals surface area contributed by atoms with Crippen LogP contribution in [0.2, 0.25) is 0 Å². The van der Waals surface area contributed by atoms with E-state index in [-0.39, 0.29) is 39.1 Å². The fraction of sp³-hybridized carbons (Fsp3) is 0.929. The first-order valence-electron chi connectivity index (χ1n) is 20.7. The van der Waals surface area contributed by atoms with Crippen molar-refractivity contribution in [2.75, 3.05) is 6.61 Å². The van der Waals surface area contributed by atoms with E-state index in [9.17, 15) is 40.5 Å². The molecule has 0 aromatic rings. The number of carbonyl (C=O) groups is 1. The smallest absolute Gasteiger partial charge is 0.315 e. The third-order valence-corrected chi connectivity index (χ3v) is 17.2. The summed E-state index contributed by atoms with van der Waals surface area (Å²) >= 11 is 0. The van der Waals surface area contributed by atoms with Gasteiger partial charge in [-0.25, -0.2) is 0 Å². The SMILES string of the molecule is CC1OC(OC2CCC3(C)C(CCC4(C)C3CC=C3C5CC(C)(C)CCC5(C(=O)OC5OC(CO)C(O)C(O)C5O)CCC34C)C2(C)C)C(O)C(O)C1O. The molecule has 308 valence electrons. The van der Waals surface area contributed by atoms with Gasteiger partial charge in [-0.2, -0.15) is 0 Å². The van der Waals surface area contributed by atoms with E-state index < -0.39 is 79.4 Å². The Morgan fingerprint density at radius 2 is 1.41 bits per heavy atom. The first-order chi connectivity index (χ1) is 25.1. The molecule has 7 N–H and O–H groups in total. The maximum absolute atomic E-state index is 14.6. The molecule has 2 heterocycles. The molecule has 2 aliphatic heterocycles. The van der Waals surface area contributed by atoms with Crippen molar-refractivity contribution < 1.29 is 59.5 Å². The monoisotopic (exact) mass is 764 g/mol. The largest absolute Gasteiger partial charge is 0.432 e. The zero-order valence-corrected chi connectivity index (χ0v) is 33.6. The Morgan fingerprint density at radius 3 is 2.09 bits per heavy atom. The van der Waals surface area contributed by atoms with Crippen LogP contribution in [0.1, 0.15) is 120 Å². The average molecular weight is 765 g/mol. The molecule has 0 radical (unpaired) electrons. The quantitative estimate of drug-likeness (QED) is 0.123. The van der Waals surface area contributed by atoms with Crippen LogP contribution in [0.4, 0.5) is 0 Å². The maximum Gasteiger partial charge on any atom is 0.315 e. The number of carbonyl (C=O) groups excluding carboxylic acids is 1. The molecule has 4 saturated carbocycles. The maximum atomic E-state index is 14.6. The summed E-state index contributed by atoms with van der Waals surface area (Å²) in [5.74, 6) is 0.205. The van der Waals surface area contributed by atoms with Crippen molar-refractivity contribution in [3.05, 3.63) is 11.6 Å². The summed E-state index contributed by atoms with van der Waals surface area (Å²) in [4.78, 5) is 14.6. The average Bonchev–Trinajstić information content (AvgIpc) is 3.10. The Morgan fingerprint density at radius 1 is 0.759 bits per heavy atom. The zero-order valence-electron chi connectivity index (χ0n) is 33.6. The molecule has 18 atom stereocenters. The minimum Gasteiger partial charge on any atom is -0.432 e. The molecule has 5 aliphatic carbocycles. The summed E-state index contributed by atoms with van der Waals surface area (Å²) in [7, 11) is 0. The first kappa shape index (κ1) is 41.0. The highest BCUT2D eigenvalue weighted by atomic mass is 16.7. The summed E-state index contributed by atoms with van der Waals surface area (Å²) in [5, 5.41) is 72.9. The molecular weight excluding hydrogens is 696 g/mol. The van der Waals surface area contributed by atoms with Gasteiger partial charge >= 0.3 is 5.97 Å². The second-order valence-electron chi connectivity index (χ2n) is 20.6. The minimum absolute atomic E-state index is 0.00114. The lowest BCUT2D eigenvalue weighted by atomic mass is 9.33. The van der Waals surface area contributed by atoms with Crippen LogP contribution in [-0.2, 0) is 23.7 Å². The van der Waals surface area contributed by atoms with E-state index in [4.69, 9.17) is 18.9 Å². The molecular formula is C42H68O12. The molecule has 2 saturated heterocycles. The Kier molecular flexibility index (Phi) is 10.4. The fourth-order valence-electron chi connectivity index (χ4n) is 13.5. The number of esters is 1. The fourth-order valence-corrected chi connectivity index (χ4v) is 13.5. The number of aliphatic hydroxyl groups is 7. The lowest BCUT2D eigenvalue weighted by molar-refractivity contribution is -0.324. The Labute approximate surface area is 320 Å². The van der Waals surface area contributed by atoms with Gasteiger partial charge in [0, 0.05) is 0 Å². The van der Waals surface area contributed by atoms with E-state index in [1.165, 1.54) is 5.57 Å². The van der Waals surface area contributed by atoms with Crippen LogP contribution < -0.4 is 0 Å². The summed E-state index contributed by atoms with van der Waals surface area (Å²) < 4.78 is 24.1. The first-order valence-corrected chi connectivity index (χ1v) is 20.7. The van der Waals surface area contributed by atoms with Crippen molar-refractivity contribution in [2.45, 2.75) is 187 Å². The van der Waals surface area contributed by atoms with E-state index in [1.807, 2.05) is 0 Å². The van der Waals surface area contributed by atoms with Crippen molar-refractivity contribution in [3.63, 3.8) is 0 Å². The molecule has 7 aliphatic rings. The highest BCUT2D eigenvalue weighted by Crippen LogP contribution is 2.76. The predicted molar refractivity (Wildman–Crippen MR) is 196 cm³/mol. The number of hydrogen-bond acceptors (Lipinski definition) is 12. The van der Waals surface area contributed by atoms with Crippen LogP contribution in [0.15, 0.2) is 11.6 Å². The van der Waals surface area contributed by atoms with E-state index in [1.54, 1.807) is 6.92 Å². The highest BCUT2D eigenvalue weighted by Gasteiger charge is 2.70. The molecule has 18 unspecified atom stereocenters. The van der Waals surface area contributed by atoms with Gasteiger partial charge in [0.15, 0.2) is 6.29 Å². The normalized spacial score (nSPS) is 53.9. The van der Waals surface area contributed by atoms with Gasteiger partial charge in [-0.05, 0) is 116 Å². The Hall–Kier alpha value is -1.19. The van der Waals surface area contributed by atoms with Crippen LogP contribution in [-0.4, -0.2) is 116 Å². The standard InChI is InChI=1S/C42H68O12/c1-21-28(44)30(46)32(48)34(51-21)53-27-12-13-39(6)25(38(27,4)5)11-14-41(8)26(39)10-9-22-23-19-37(2,3)15-17-42(23,18-16-40(22,41)7)36(50)54-35-33(49)31(47)29(45)24(20-43)52-35/h9,21,23-35,43-49H,10-20H2,1-8H3. The highest BCUT2D eigenvalue weighted by molar-refractivity contribution is 5.79. The van der Waals surface area contributed by atoms with E-state index in [0.29, 0.717) is 24.7 Å². The third kappa shape index (κ3) is 5.93. The van der Waals surface area contributed by atoms with Gasteiger partial charge < -0.3 is 54.7 Å².